The average molecular weight is 455 g/mol. The highest BCUT2D eigenvalue weighted by atomic mass is 16.5. The molecule has 1 aromatic rings. The van der Waals surface area contributed by atoms with E-state index in [0.29, 0.717) is 17.9 Å². The molecule has 4 aliphatic rings. The van der Waals surface area contributed by atoms with Crippen molar-refractivity contribution in [1.29, 1.82) is 0 Å². The minimum Gasteiger partial charge on any atom is -0.457 e. The van der Waals surface area contributed by atoms with Crippen LogP contribution in [0.2, 0.25) is 0 Å². The number of hydrogen-bond acceptors (Lipinski definition) is 7. The summed E-state index contributed by atoms with van der Waals surface area (Å²) in [4.78, 5) is 40.9. The number of hydrogen-bond donors (Lipinski definition) is 0. The number of carbonyl (C=O) groups is 3. The van der Waals surface area contributed by atoms with Crippen molar-refractivity contribution in [2.24, 2.45) is 5.41 Å². The lowest BCUT2D eigenvalue weighted by Crippen LogP contribution is -2.45. The molecule has 5 rings (SSSR count). The van der Waals surface area contributed by atoms with Gasteiger partial charge >= 0.3 is 11.9 Å². The lowest BCUT2D eigenvalue weighted by atomic mass is 9.76. The molecule has 2 fully saturated rings. The van der Waals surface area contributed by atoms with Gasteiger partial charge in [-0.3, -0.25) is 4.79 Å². The largest absolute Gasteiger partial charge is 0.457 e. The lowest BCUT2D eigenvalue weighted by Gasteiger charge is -2.39. The van der Waals surface area contributed by atoms with Gasteiger partial charge in [-0.15, -0.1) is 0 Å². The summed E-state index contributed by atoms with van der Waals surface area (Å²) in [7, 11) is 1.71. The first-order valence-electron chi connectivity index (χ1n) is 11.6. The number of likely N-dealkylation sites (tertiary alicyclic amines) is 2. The summed E-state index contributed by atoms with van der Waals surface area (Å²) < 4.78 is 16.1. The first kappa shape index (κ1) is 22.1. The van der Waals surface area contributed by atoms with Crippen LogP contribution in [-0.2, 0) is 30.4 Å². The molecule has 1 spiro atoms. The molecule has 176 valence electrons. The van der Waals surface area contributed by atoms with Crippen LogP contribution >= 0.6 is 0 Å². The Morgan fingerprint density at radius 1 is 1.15 bits per heavy atom. The quantitative estimate of drug-likeness (QED) is 0.632. The number of carbonyl (C=O) groups excluding carboxylic acids is 3. The zero-order chi connectivity index (χ0) is 23.3. The van der Waals surface area contributed by atoms with Crippen molar-refractivity contribution in [2.75, 3.05) is 33.4 Å². The van der Waals surface area contributed by atoms with Crippen LogP contribution in [0.4, 0.5) is 0 Å². The maximum atomic E-state index is 13.4. The molecule has 0 aliphatic carbocycles. The van der Waals surface area contributed by atoms with Crippen molar-refractivity contribution in [2.45, 2.75) is 51.9 Å². The van der Waals surface area contributed by atoms with E-state index in [4.69, 9.17) is 14.2 Å². The third-order valence-electron chi connectivity index (χ3n) is 7.83. The SMILES string of the molecule is COC(CN1CCC2(CC1)CC(C)N(C1=CC(=O)OC1)C2=O)c1ccc2c(c1C)COC2=O. The van der Waals surface area contributed by atoms with Crippen LogP contribution < -0.4 is 0 Å². The zero-order valence-electron chi connectivity index (χ0n) is 19.4. The van der Waals surface area contributed by atoms with Gasteiger partial charge in [0, 0.05) is 31.3 Å². The smallest absolute Gasteiger partial charge is 0.338 e. The molecule has 0 aromatic heterocycles. The number of fused-ring (bicyclic) bond motifs is 1. The molecule has 2 saturated heterocycles. The van der Waals surface area contributed by atoms with Gasteiger partial charge in [0.1, 0.15) is 13.2 Å². The molecule has 4 heterocycles. The van der Waals surface area contributed by atoms with E-state index in [1.807, 2.05) is 19.1 Å². The third-order valence-corrected chi connectivity index (χ3v) is 7.83. The van der Waals surface area contributed by atoms with Gasteiger partial charge in [0.15, 0.2) is 0 Å². The molecule has 33 heavy (non-hydrogen) atoms. The molecule has 2 atom stereocenters. The highest BCUT2D eigenvalue weighted by Gasteiger charge is 2.52. The van der Waals surface area contributed by atoms with Crippen LogP contribution in [0.1, 0.15) is 59.3 Å². The van der Waals surface area contributed by atoms with Gasteiger partial charge in [-0.2, -0.15) is 0 Å². The van der Waals surface area contributed by atoms with Crippen LogP contribution in [0.15, 0.2) is 23.9 Å². The molecular weight excluding hydrogens is 424 g/mol. The normalized spacial score (nSPS) is 25.3. The van der Waals surface area contributed by atoms with Crippen molar-refractivity contribution in [3.8, 4) is 0 Å². The number of cyclic esters (lactones) is 2. The van der Waals surface area contributed by atoms with E-state index in [1.54, 1.807) is 12.0 Å². The van der Waals surface area contributed by atoms with Crippen molar-refractivity contribution in [3.05, 3.63) is 46.2 Å². The van der Waals surface area contributed by atoms with Crippen molar-refractivity contribution in [1.82, 2.24) is 9.80 Å². The molecule has 8 heteroatoms. The summed E-state index contributed by atoms with van der Waals surface area (Å²) in [5.41, 5.74) is 4.04. The molecule has 0 N–H and O–H groups in total. The number of ether oxygens (including phenoxy) is 3. The summed E-state index contributed by atoms with van der Waals surface area (Å²) >= 11 is 0. The maximum Gasteiger partial charge on any atom is 0.338 e. The molecule has 8 nitrogen and oxygen atoms in total. The Balaban J connectivity index is 1.26. The molecular formula is C25H30N2O6. The Labute approximate surface area is 193 Å². The summed E-state index contributed by atoms with van der Waals surface area (Å²) in [6.45, 7) is 6.92. The van der Waals surface area contributed by atoms with Gasteiger partial charge in [-0.25, -0.2) is 9.59 Å². The molecule has 1 amide bonds. The second kappa shape index (κ2) is 8.25. The minimum atomic E-state index is -0.371. The fraction of sp³-hybridized carbons (Fsp3) is 0.560. The Hall–Kier alpha value is -2.71. The average Bonchev–Trinajstić information content (AvgIpc) is 3.45. The van der Waals surface area contributed by atoms with Gasteiger partial charge in [0.25, 0.3) is 0 Å². The molecule has 2 unspecified atom stereocenters. The number of methoxy groups -OCH3 is 1. The van der Waals surface area contributed by atoms with E-state index in [9.17, 15) is 14.4 Å². The van der Waals surface area contributed by atoms with E-state index in [0.717, 1.165) is 55.6 Å². The van der Waals surface area contributed by atoms with Crippen LogP contribution in [-0.4, -0.2) is 67.0 Å². The number of esters is 2. The van der Waals surface area contributed by atoms with Gasteiger partial charge in [-0.05, 0) is 63.4 Å². The van der Waals surface area contributed by atoms with Crippen molar-refractivity contribution in [3.63, 3.8) is 0 Å². The Bertz CT molecular complexity index is 1040. The second-order valence-electron chi connectivity index (χ2n) is 9.66. The Morgan fingerprint density at radius 2 is 1.91 bits per heavy atom. The number of nitrogens with zero attached hydrogens (tertiary/aromatic N) is 2. The third kappa shape index (κ3) is 3.65. The van der Waals surface area contributed by atoms with Crippen LogP contribution in [0, 0.1) is 12.3 Å². The number of rotatable bonds is 5. The van der Waals surface area contributed by atoms with Gasteiger partial charge in [0.2, 0.25) is 5.91 Å². The van der Waals surface area contributed by atoms with Crippen LogP contribution in [0.3, 0.4) is 0 Å². The highest BCUT2D eigenvalue weighted by molar-refractivity contribution is 5.94. The molecule has 1 aromatic carbocycles. The summed E-state index contributed by atoms with van der Waals surface area (Å²) in [6.07, 6.45) is 3.70. The summed E-state index contributed by atoms with van der Waals surface area (Å²) in [6, 6.07) is 3.87. The fourth-order valence-electron chi connectivity index (χ4n) is 5.95. The lowest BCUT2D eigenvalue weighted by molar-refractivity contribution is -0.139. The Kier molecular flexibility index (Phi) is 5.53. The molecule has 0 bridgehead atoms. The minimum absolute atomic E-state index is 0.0653. The van der Waals surface area contributed by atoms with E-state index in [2.05, 4.69) is 11.8 Å². The van der Waals surface area contributed by atoms with E-state index in [-0.39, 0.29) is 42.0 Å². The van der Waals surface area contributed by atoms with E-state index in [1.165, 1.54) is 6.08 Å². The predicted octanol–water partition coefficient (Wildman–Crippen LogP) is 2.50. The van der Waals surface area contributed by atoms with Crippen LogP contribution in [0.5, 0.6) is 0 Å². The Morgan fingerprint density at radius 3 is 2.58 bits per heavy atom. The summed E-state index contributed by atoms with van der Waals surface area (Å²) in [5, 5.41) is 0. The number of amides is 1. The van der Waals surface area contributed by atoms with Gasteiger partial charge in [0.05, 0.1) is 22.8 Å². The topological polar surface area (TPSA) is 85.4 Å². The van der Waals surface area contributed by atoms with Gasteiger partial charge < -0.3 is 24.0 Å². The van der Waals surface area contributed by atoms with E-state index >= 15 is 0 Å². The van der Waals surface area contributed by atoms with Crippen molar-refractivity contribution < 1.29 is 28.6 Å². The maximum absolute atomic E-state index is 13.4. The molecule has 0 saturated carbocycles. The van der Waals surface area contributed by atoms with Crippen LogP contribution in [0.25, 0.3) is 0 Å². The first-order valence-corrected chi connectivity index (χ1v) is 11.6. The van der Waals surface area contributed by atoms with Gasteiger partial charge in [-0.1, -0.05) is 6.07 Å². The number of benzene rings is 1. The standard InChI is InChI=1S/C25H30N2O6/c1-15-11-25(24(30)27(15)17-10-22(28)32-13-17)6-8-26(9-7-25)12-21(31-3)18-4-5-19-20(16(18)2)14-33-23(19)29/h4-5,10,15,21H,6-9,11-14H2,1-3H3. The molecule has 0 radical (unpaired) electrons. The molecule has 4 aliphatic heterocycles. The summed E-state index contributed by atoms with van der Waals surface area (Å²) in [5.74, 6) is -0.505. The van der Waals surface area contributed by atoms with E-state index < -0.39 is 0 Å². The zero-order valence-corrected chi connectivity index (χ0v) is 19.4. The second-order valence-corrected chi connectivity index (χ2v) is 9.66. The fourth-order valence-corrected chi connectivity index (χ4v) is 5.95. The monoisotopic (exact) mass is 454 g/mol. The number of piperidine rings is 1. The highest BCUT2D eigenvalue weighted by Crippen LogP contribution is 2.46. The van der Waals surface area contributed by atoms with Crippen molar-refractivity contribution >= 4 is 17.8 Å². The first-order chi connectivity index (χ1) is 15.8. The predicted molar refractivity (Wildman–Crippen MR) is 118 cm³/mol.